The van der Waals surface area contributed by atoms with Crippen molar-refractivity contribution in [3.05, 3.63) is 87.3 Å². The van der Waals surface area contributed by atoms with Gasteiger partial charge in [-0.3, -0.25) is 4.79 Å². The largest absolute Gasteiger partial charge is 0.508 e. The van der Waals surface area contributed by atoms with Gasteiger partial charge in [0.2, 0.25) is 5.78 Å². The predicted octanol–water partition coefficient (Wildman–Crippen LogP) is 7.44. The van der Waals surface area contributed by atoms with Crippen molar-refractivity contribution in [1.29, 1.82) is 0 Å². The number of carbonyl (C=O) groups is 1. The highest BCUT2D eigenvalue weighted by Crippen LogP contribution is 2.43. The van der Waals surface area contributed by atoms with Gasteiger partial charge in [0.05, 0.1) is 0 Å². The Morgan fingerprint density at radius 3 is 2.44 bits per heavy atom. The maximum Gasteiger partial charge on any atom is 0.207 e. The number of likely N-dealkylation sites (tertiary alicyclic amines) is 1. The number of ether oxygens (including phenoxy) is 1. The molecular weight excluding hydrogens is 466 g/mol. The summed E-state index contributed by atoms with van der Waals surface area (Å²) in [5, 5.41) is 10.9. The normalized spacial score (nSPS) is 16.1. The first kappa shape index (κ1) is 24.5. The average Bonchev–Trinajstić information content (AvgIpc) is 3.40. The van der Waals surface area contributed by atoms with Gasteiger partial charge in [0.1, 0.15) is 16.4 Å². The van der Waals surface area contributed by atoms with E-state index in [4.69, 9.17) is 4.74 Å². The molecule has 1 N–H and O–H groups in total. The third-order valence-corrected chi connectivity index (χ3v) is 8.24. The molecule has 0 aliphatic carbocycles. The fraction of sp³-hybridized carbons (Fsp3) is 0.323. The SMILES string of the molecule is Cc1cc(C)c(C(=O)c2sc3cc(O)ccc3c2Oc2ccc(CCN3CC[C@@H](C)C3)cc2)c(C)c1. The van der Waals surface area contributed by atoms with E-state index in [0.29, 0.717) is 21.9 Å². The number of phenolic OH excluding ortho intramolecular Hbond substituents is 1. The van der Waals surface area contributed by atoms with Crippen molar-refractivity contribution in [3.8, 4) is 17.2 Å². The molecule has 0 unspecified atom stereocenters. The lowest BCUT2D eigenvalue weighted by atomic mass is 9.95. The van der Waals surface area contributed by atoms with Crippen LogP contribution in [0.3, 0.4) is 0 Å². The minimum absolute atomic E-state index is 0.0443. The number of nitrogens with zero attached hydrogens (tertiary/aromatic N) is 1. The van der Waals surface area contributed by atoms with Gasteiger partial charge in [-0.25, -0.2) is 0 Å². The minimum atomic E-state index is -0.0443. The smallest absolute Gasteiger partial charge is 0.207 e. The van der Waals surface area contributed by atoms with Crippen molar-refractivity contribution in [2.75, 3.05) is 19.6 Å². The molecule has 5 rings (SSSR count). The molecule has 5 heteroatoms. The lowest BCUT2D eigenvalue weighted by molar-refractivity contribution is 0.103. The minimum Gasteiger partial charge on any atom is -0.508 e. The van der Waals surface area contributed by atoms with Gasteiger partial charge < -0.3 is 14.7 Å². The van der Waals surface area contributed by atoms with Gasteiger partial charge in [-0.1, -0.05) is 36.8 Å². The van der Waals surface area contributed by atoms with Gasteiger partial charge in [0.25, 0.3) is 0 Å². The molecule has 0 bridgehead atoms. The maximum atomic E-state index is 13.8. The first-order valence-corrected chi connectivity index (χ1v) is 13.5. The number of aromatic hydroxyl groups is 1. The van der Waals surface area contributed by atoms with Crippen LogP contribution in [0.5, 0.6) is 17.2 Å². The summed E-state index contributed by atoms with van der Waals surface area (Å²) in [6, 6.07) is 17.5. The molecular formula is C31H33NO3S. The summed E-state index contributed by atoms with van der Waals surface area (Å²) in [5.74, 6) is 2.18. The quantitative estimate of drug-likeness (QED) is 0.269. The van der Waals surface area contributed by atoms with Gasteiger partial charge in [0.15, 0.2) is 5.75 Å². The highest BCUT2D eigenvalue weighted by atomic mass is 32.1. The number of fused-ring (bicyclic) bond motifs is 1. The number of hydrogen-bond donors (Lipinski definition) is 1. The van der Waals surface area contributed by atoms with E-state index in [1.807, 2.05) is 51.1 Å². The van der Waals surface area contributed by atoms with Crippen LogP contribution in [0.2, 0.25) is 0 Å². The van der Waals surface area contributed by atoms with Crippen LogP contribution in [0.4, 0.5) is 0 Å². The second-order valence-corrected chi connectivity index (χ2v) is 11.3. The van der Waals surface area contributed by atoms with E-state index in [2.05, 4.69) is 24.0 Å². The zero-order valence-corrected chi connectivity index (χ0v) is 22.2. The van der Waals surface area contributed by atoms with E-state index in [0.717, 1.165) is 45.7 Å². The van der Waals surface area contributed by atoms with Crippen LogP contribution in [-0.2, 0) is 6.42 Å². The molecule has 1 fully saturated rings. The summed E-state index contributed by atoms with van der Waals surface area (Å²) in [7, 11) is 0. The van der Waals surface area contributed by atoms with Gasteiger partial charge in [-0.05, 0) is 93.1 Å². The van der Waals surface area contributed by atoms with Crippen LogP contribution in [0.25, 0.3) is 10.1 Å². The molecule has 0 radical (unpaired) electrons. The Bertz CT molecular complexity index is 1400. The van der Waals surface area contributed by atoms with Crippen LogP contribution >= 0.6 is 11.3 Å². The van der Waals surface area contributed by atoms with E-state index in [1.54, 1.807) is 12.1 Å². The first-order valence-electron chi connectivity index (χ1n) is 12.7. The van der Waals surface area contributed by atoms with Crippen LogP contribution in [0, 0.1) is 26.7 Å². The lowest BCUT2D eigenvalue weighted by Gasteiger charge is -2.15. The fourth-order valence-electron chi connectivity index (χ4n) is 5.32. The Labute approximate surface area is 217 Å². The monoisotopic (exact) mass is 499 g/mol. The zero-order chi connectivity index (χ0) is 25.4. The van der Waals surface area contributed by atoms with Gasteiger partial charge >= 0.3 is 0 Å². The van der Waals surface area contributed by atoms with Crippen LogP contribution in [0.15, 0.2) is 54.6 Å². The van der Waals surface area contributed by atoms with E-state index in [-0.39, 0.29) is 11.5 Å². The number of carbonyl (C=O) groups excluding carboxylic acids is 1. The summed E-state index contributed by atoms with van der Waals surface area (Å²) < 4.78 is 7.22. The second-order valence-electron chi connectivity index (χ2n) is 10.2. The summed E-state index contributed by atoms with van der Waals surface area (Å²) in [6.45, 7) is 11.8. The van der Waals surface area contributed by atoms with Crippen molar-refractivity contribution in [1.82, 2.24) is 4.90 Å². The molecule has 1 aromatic heterocycles. The Hall–Kier alpha value is -3.15. The molecule has 4 nitrogen and oxygen atoms in total. The van der Waals surface area contributed by atoms with Gasteiger partial charge in [-0.2, -0.15) is 0 Å². The molecule has 4 aromatic rings. The van der Waals surface area contributed by atoms with E-state index in [9.17, 15) is 9.90 Å². The molecule has 0 amide bonds. The summed E-state index contributed by atoms with van der Waals surface area (Å²) in [5.41, 5.74) is 5.05. The Kier molecular flexibility index (Phi) is 6.87. The summed E-state index contributed by atoms with van der Waals surface area (Å²) >= 11 is 1.37. The Morgan fingerprint density at radius 2 is 1.78 bits per heavy atom. The molecule has 1 aliphatic rings. The average molecular weight is 500 g/mol. The number of phenols is 1. The third-order valence-electron chi connectivity index (χ3n) is 7.11. The Morgan fingerprint density at radius 1 is 1.06 bits per heavy atom. The van der Waals surface area contributed by atoms with E-state index < -0.39 is 0 Å². The number of ketones is 1. The number of thiophene rings is 1. The topological polar surface area (TPSA) is 49.8 Å². The number of benzene rings is 3. The molecule has 186 valence electrons. The second kappa shape index (κ2) is 10.1. The standard InChI is InChI=1S/C31H33NO3S/c1-19-11-13-32(18-19)14-12-23-5-8-25(9-6-23)35-30-26-10-7-24(33)17-27(26)36-31(30)29(34)28-21(3)15-20(2)16-22(28)4/h5-10,15-17,19,33H,11-14,18H2,1-4H3/t19-/m1/s1. The van der Waals surface area contributed by atoms with Crippen LogP contribution < -0.4 is 4.74 Å². The summed E-state index contributed by atoms with van der Waals surface area (Å²) in [6.07, 6.45) is 2.31. The Balaban J connectivity index is 1.44. The maximum absolute atomic E-state index is 13.8. The molecule has 0 saturated carbocycles. The molecule has 36 heavy (non-hydrogen) atoms. The molecule has 0 spiro atoms. The zero-order valence-electron chi connectivity index (χ0n) is 21.4. The van der Waals surface area contributed by atoms with Crippen molar-refractivity contribution in [2.45, 2.75) is 40.5 Å². The molecule has 3 aromatic carbocycles. The van der Waals surface area contributed by atoms with E-state index >= 15 is 0 Å². The molecule has 2 heterocycles. The van der Waals surface area contributed by atoms with Crippen LogP contribution in [0.1, 0.15) is 50.8 Å². The third kappa shape index (κ3) is 5.04. The molecule has 1 saturated heterocycles. The van der Waals surface area contributed by atoms with Gasteiger partial charge in [-0.15, -0.1) is 11.3 Å². The van der Waals surface area contributed by atoms with E-state index in [1.165, 1.54) is 36.4 Å². The highest BCUT2D eigenvalue weighted by molar-refractivity contribution is 7.21. The van der Waals surface area contributed by atoms with Crippen molar-refractivity contribution in [3.63, 3.8) is 0 Å². The molecule has 1 atom stereocenters. The van der Waals surface area contributed by atoms with Gasteiger partial charge in [0, 0.05) is 28.7 Å². The highest BCUT2D eigenvalue weighted by Gasteiger charge is 2.25. The number of aryl methyl sites for hydroxylation is 3. The summed E-state index contributed by atoms with van der Waals surface area (Å²) in [4.78, 5) is 16.9. The van der Waals surface area contributed by atoms with Crippen molar-refractivity contribution in [2.24, 2.45) is 5.92 Å². The lowest BCUT2D eigenvalue weighted by Crippen LogP contribution is -2.22. The predicted molar refractivity (Wildman–Crippen MR) is 148 cm³/mol. The van der Waals surface area contributed by atoms with Crippen molar-refractivity contribution >= 4 is 27.2 Å². The molecule has 1 aliphatic heterocycles. The number of hydrogen-bond acceptors (Lipinski definition) is 5. The number of rotatable bonds is 7. The first-order chi connectivity index (χ1) is 17.3. The van der Waals surface area contributed by atoms with Crippen LogP contribution in [-0.4, -0.2) is 35.4 Å². The fourth-order valence-corrected chi connectivity index (χ4v) is 6.43. The van der Waals surface area contributed by atoms with Crippen molar-refractivity contribution < 1.29 is 14.6 Å².